The van der Waals surface area contributed by atoms with Crippen LogP contribution in [0.15, 0.2) is 12.2 Å². The molecule has 0 heterocycles. The van der Waals surface area contributed by atoms with E-state index in [9.17, 15) is 19.0 Å². The highest BCUT2D eigenvalue weighted by Gasteiger charge is 2.27. The third-order valence-corrected chi connectivity index (χ3v) is 14.0. The van der Waals surface area contributed by atoms with Gasteiger partial charge in [-0.15, -0.1) is 0 Å². The summed E-state index contributed by atoms with van der Waals surface area (Å²) in [5.74, 6) is -0.780. The van der Waals surface area contributed by atoms with Crippen LogP contribution in [0.1, 0.15) is 290 Å². The molecule has 0 aliphatic rings. The molecule has 0 fully saturated rings. The van der Waals surface area contributed by atoms with Crippen LogP contribution in [-0.2, 0) is 32.7 Å². The van der Waals surface area contributed by atoms with Crippen molar-refractivity contribution >= 4 is 19.8 Å². The van der Waals surface area contributed by atoms with E-state index >= 15 is 0 Å². The van der Waals surface area contributed by atoms with Crippen LogP contribution in [0.4, 0.5) is 0 Å². The van der Waals surface area contributed by atoms with Gasteiger partial charge in [0.2, 0.25) is 0 Å². The molecule has 0 aromatic carbocycles. The van der Waals surface area contributed by atoms with Crippen LogP contribution in [-0.4, -0.2) is 74.9 Å². The molecule has 0 spiro atoms. The maximum Gasteiger partial charge on any atom is 0.472 e. The fourth-order valence-electron chi connectivity index (χ4n) is 8.54. The Labute approximate surface area is 416 Å². The van der Waals surface area contributed by atoms with Crippen molar-refractivity contribution in [1.29, 1.82) is 0 Å². The number of likely N-dealkylation sites (N-methyl/N-ethyl adjacent to an activating group) is 1. The number of hydrogen-bond donors (Lipinski definition) is 1. The molecule has 0 rings (SSSR count). The number of quaternary nitrogens is 1. The molecule has 67 heavy (non-hydrogen) atoms. The lowest BCUT2D eigenvalue weighted by molar-refractivity contribution is -0.870. The molecule has 0 aliphatic heterocycles. The summed E-state index contributed by atoms with van der Waals surface area (Å²) >= 11 is 0. The molecule has 0 radical (unpaired) electrons. The van der Waals surface area contributed by atoms with Crippen molar-refractivity contribution in [2.45, 2.75) is 296 Å². The van der Waals surface area contributed by atoms with Gasteiger partial charge in [0.25, 0.3) is 0 Å². The van der Waals surface area contributed by atoms with Crippen LogP contribution < -0.4 is 0 Å². The number of allylic oxidation sites excluding steroid dienone is 2. The minimum absolute atomic E-state index is 0.0361. The van der Waals surface area contributed by atoms with Crippen LogP contribution in [0.25, 0.3) is 0 Å². The Morgan fingerprint density at radius 3 is 1.10 bits per heavy atom. The molecule has 2 atom stereocenters. The number of phosphoric ester groups is 1. The summed E-state index contributed by atoms with van der Waals surface area (Å²) in [6.45, 7) is 4.47. The van der Waals surface area contributed by atoms with Crippen LogP contribution in [0.3, 0.4) is 0 Å². The van der Waals surface area contributed by atoms with E-state index in [1.54, 1.807) is 0 Å². The Morgan fingerprint density at radius 2 is 0.761 bits per heavy atom. The predicted octanol–water partition coefficient (Wildman–Crippen LogP) is 17.7. The van der Waals surface area contributed by atoms with Crippen molar-refractivity contribution < 1.29 is 42.1 Å². The molecule has 0 aromatic heterocycles. The first-order valence-corrected chi connectivity index (χ1v) is 30.4. The summed E-state index contributed by atoms with van der Waals surface area (Å²) in [5, 5.41) is 0. The maximum atomic E-state index is 12.8. The summed E-state index contributed by atoms with van der Waals surface area (Å²) in [6, 6.07) is 0. The van der Waals surface area contributed by atoms with E-state index in [1.165, 1.54) is 225 Å². The summed E-state index contributed by atoms with van der Waals surface area (Å²) in [7, 11) is 1.50. The fourth-order valence-corrected chi connectivity index (χ4v) is 9.28. The molecule has 0 aromatic rings. The summed E-state index contributed by atoms with van der Waals surface area (Å²) in [4.78, 5) is 35.5. The summed E-state index contributed by atoms with van der Waals surface area (Å²) in [6.07, 6.45) is 57.3. The second-order valence-electron chi connectivity index (χ2n) is 21.0. The second kappa shape index (κ2) is 49.7. The largest absolute Gasteiger partial charge is 0.472 e. The first-order valence-electron chi connectivity index (χ1n) is 28.9. The van der Waals surface area contributed by atoms with Crippen molar-refractivity contribution in [2.75, 3.05) is 47.5 Å². The predicted molar refractivity (Wildman–Crippen MR) is 284 cm³/mol. The number of nitrogens with zero attached hydrogens (tertiary/aromatic N) is 1. The molecular formula is C57H113NO8P+. The van der Waals surface area contributed by atoms with E-state index in [-0.39, 0.29) is 25.6 Å². The Hall–Kier alpha value is -1.25. The number of carbonyl (C=O) groups excluding carboxylic acids is 2. The van der Waals surface area contributed by atoms with E-state index in [0.29, 0.717) is 17.4 Å². The average Bonchev–Trinajstić information content (AvgIpc) is 3.29. The van der Waals surface area contributed by atoms with Crippen molar-refractivity contribution in [1.82, 2.24) is 0 Å². The van der Waals surface area contributed by atoms with Gasteiger partial charge in [0.05, 0.1) is 27.7 Å². The molecular weight excluding hydrogens is 858 g/mol. The van der Waals surface area contributed by atoms with Crippen LogP contribution in [0.5, 0.6) is 0 Å². The monoisotopic (exact) mass is 971 g/mol. The number of rotatable bonds is 54. The number of ether oxygens (including phenoxy) is 2. The van der Waals surface area contributed by atoms with E-state index in [1.807, 2.05) is 21.1 Å². The molecule has 1 N–H and O–H groups in total. The molecule has 2 unspecified atom stereocenters. The molecule has 0 bridgehead atoms. The Kier molecular flexibility index (Phi) is 48.8. The first kappa shape index (κ1) is 65.8. The van der Waals surface area contributed by atoms with Crippen molar-refractivity contribution in [2.24, 2.45) is 0 Å². The topological polar surface area (TPSA) is 108 Å². The fraction of sp³-hybridized carbons (Fsp3) is 0.930. The van der Waals surface area contributed by atoms with Crippen LogP contribution in [0.2, 0.25) is 0 Å². The van der Waals surface area contributed by atoms with E-state index in [0.717, 1.165) is 38.5 Å². The van der Waals surface area contributed by atoms with Gasteiger partial charge in [0.1, 0.15) is 19.8 Å². The number of esters is 2. The number of carbonyl (C=O) groups is 2. The molecule has 0 saturated heterocycles. The molecule has 10 heteroatoms. The van der Waals surface area contributed by atoms with Crippen molar-refractivity contribution in [3.05, 3.63) is 12.2 Å². The molecule has 0 aliphatic carbocycles. The minimum Gasteiger partial charge on any atom is -0.462 e. The van der Waals surface area contributed by atoms with E-state index < -0.39 is 26.5 Å². The van der Waals surface area contributed by atoms with Gasteiger partial charge in [-0.3, -0.25) is 18.6 Å². The maximum absolute atomic E-state index is 12.8. The third-order valence-electron chi connectivity index (χ3n) is 13.0. The summed E-state index contributed by atoms with van der Waals surface area (Å²) in [5.41, 5.74) is 0. The SMILES string of the molecule is CCCCCCCCCC/C=C\CCCCCCCCCCCCCCCCCCCCCC(=O)OC(COC(=O)CCCCCCCCCCCCCC)COP(=O)(O)OCC[N+](C)(C)C. The van der Waals surface area contributed by atoms with E-state index in [2.05, 4.69) is 26.0 Å². The second-order valence-corrected chi connectivity index (χ2v) is 22.5. The van der Waals surface area contributed by atoms with Gasteiger partial charge in [-0.05, 0) is 38.5 Å². The highest BCUT2D eigenvalue weighted by molar-refractivity contribution is 7.47. The van der Waals surface area contributed by atoms with Gasteiger partial charge >= 0.3 is 19.8 Å². The van der Waals surface area contributed by atoms with Crippen LogP contribution in [0, 0.1) is 0 Å². The smallest absolute Gasteiger partial charge is 0.462 e. The molecule has 9 nitrogen and oxygen atoms in total. The molecule has 0 saturated carbocycles. The van der Waals surface area contributed by atoms with E-state index in [4.69, 9.17) is 18.5 Å². The van der Waals surface area contributed by atoms with Crippen LogP contribution >= 0.6 is 7.82 Å². The zero-order valence-electron chi connectivity index (χ0n) is 45.2. The Morgan fingerprint density at radius 1 is 0.448 bits per heavy atom. The van der Waals surface area contributed by atoms with Gasteiger partial charge in [-0.2, -0.15) is 0 Å². The minimum atomic E-state index is -4.37. The molecule has 398 valence electrons. The van der Waals surface area contributed by atoms with Gasteiger partial charge in [0, 0.05) is 12.8 Å². The lowest BCUT2D eigenvalue weighted by Gasteiger charge is -2.24. The van der Waals surface area contributed by atoms with Gasteiger partial charge in [-0.1, -0.05) is 251 Å². The highest BCUT2D eigenvalue weighted by Crippen LogP contribution is 2.43. The molecule has 0 amide bonds. The quantitative estimate of drug-likeness (QED) is 0.0211. The zero-order valence-corrected chi connectivity index (χ0v) is 46.1. The van der Waals surface area contributed by atoms with Gasteiger partial charge < -0.3 is 18.9 Å². The number of phosphoric acid groups is 1. The summed E-state index contributed by atoms with van der Waals surface area (Å²) < 4.78 is 34.5. The Bertz CT molecular complexity index is 1140. The Balaban J connectivity index is 3.98. The number of hydrogen-bond acceptors (Lipinski definition) is 7. The third kappa shape index (κ3) is 53.9. The lowest BCUT2D eigenvalue weighted by Crippen LogP contribution is -2.37. The van der Waals surface area contributed by atoms with Gasteiger partial charge in [-0.25, -0.2) is 4.57 Å². The van der Waals surface area contributed by atoms with Crippen molar-refractivity contribution in [3.63, 3.8) is 0 Å². The lowest BCUT2D eigenvalue weighted by atomic mass is 10.0. The average molecular weight is 972 g/mol. The normalized spacial score (nSPS) is 13.3. The standard InChI is InChI=1S/C57H112NO8P/c1-6-8-10-12-14-16-18-20-21-22-23-24-25-26-27-28-29-30-31-32-33-34-35-36-37-38-40-42-44-46-48-50-57(60)66-55(54-65-67(61,62)64-52-51-58(3,4)5)53-63-56(59)49-47-45-43-41-39-19-17-15-13-11-9-7-2/h22-23,55H,6-21,24-54H2,1-5H3/p+1/b23-22-. The first-order chi connectivity index (χ1) is 32.5. The number of unbranched alkanes of at least 4 members (excludes halogenated alkanes) is 38. The van der Waals surface area contributed by atoms with Crippen molar-refractivity contribution in [3.8, 4) is 0 Å². The van der Waals surface area contributed by atoms with Gasteiger partial charge in [0.15, 0.2) is 6.10 Å². The highest BCUT2D eigenvalue weighted by atomic mass is 31.2. The zero-order chi connectivity index (χ0) is 49.2.